The Kier molecular flexibility index (Phi) is 5.60. The summed E-state index contributed by atoms with van der Waals surface area (Å²) in [5, 5.41) is 0. The van der Waals surface area contributed by atoms with E-state index in [0.29, 0.717) is 11.3 Å². The molecule has 1 amide bonds. The highest BCUT2D eigenvalue weighted by Gasteiger charge is 2.40. The van der Waals surface area contributed by atoms with Crippen LogP contribution in [0.15, 0.2) is 30.3 Å². The summed E-state index contributed by atoms with van der Waals surface area (Å²) in [5.41, 5.74) is 1.60. The number of rotatable bonds is 5. The standard InChI is InChI=1S/C22H32N2O2/c25-21-6-9-22(18-24(21)16-19-4-2-1-3-5-19)10-13-23(14-11-22)12-7-20-8-15-26-17-20/h1-5,20H,6-18H2/t20-/m1/s1. The number of carbonyl (C=O) groups excluding carboxylic acids is 1. The van der Waals surface area contributed by atoms with Crippen molar-refractivity contribution in [3.63, 3.8) is 0 Å². The van der Waals surface area contributed by atoms with Crippen molar-refractivity contribution in [1.82, 2.24) is 9.80 Å². The van der Waals surface area contributed by atoms with Crippen LogP contribution in [0.4, 0.5) is 0 Å². The molecule has 3 aliphatic rings. The first-order valence-electron chi connectivity index (χ1n) is 10.3. The molecule has 3 aliphatic heterocycles. The van der Waals surface area contributed by atoms with Crippen molar-refractivity contribution in [2.24, 2.45) is 11.3 Å². The van der Waals surface area contributed by atoms with E-state index in [1.807, 2.05) is 6.07 Å². The van der Waals surface area contributed by atoms with Crippen molar-refractivity contribution in [2.75, 3.05) is 39.4 Å². The van der Waals surface area contributed by atoms with Crippen LogP contribution in [-0.2, 0) is 16.1 Å². The first kappa shape index (κ1) is 18.0. The lowest BCUT2D eigenvalue weighted by Gasteiger charge is -2.47. The van der Waals surface area contributed by atoms with Crippen molar-refractivity contribution < 1.29 is 9.53 Å². The van der Waals surface area contributed by atoms with Crippen molar-refractivity contribution in [3.8, 4) is 0 Å². The fourth-order valence-electron chi connectivity index (χ4n) is 4.89. The van der Waals surface area contributed by atoms with Crippen molar-refractivity contribution in [3.05, 3.63) is 35.9 Å². The molecule has 0 N–H and O–H groups in total. The number of benzene rings is 1. The molecule has 0 radical (unpaired) electrons. The highest BCUT2D eigenvalue weighted by Crippen LogP contribution is 2.40. The normalized spacial score (nSPS) is 26.5. The largest absolute Gasteiger partial charge is 0.381 e. The molecule has 0 aliphatic carbocycles. The Hall–Kier alpha value is -1.39. The summed E-state index contributed by atoms with van der Waals surface area (Å²) < 4.78 is 5.50. The number of piperidine rings is 2. The Morgan fingerprint density at radius 1 is 1.12 bits per heavy atom. The van der Waals surface area contributed by atoms with E-state index in [0.717, 1.165) is 45.1 Å². The fourth-order valence-corrected chi connectivity index (χ4v) is 4.89. The molecule has 26 heavy (non-hydrogen) atoms. The van der Waals surface area contributed by atoms with Gasteiger partial charge in [-0.15, -0.1) is 0 Å². The zero-order valence-electron chi connectivity index (χ0n) is 15.9. The van der Waals surface area contributed by atoms with E-state index in [-0.39, 0.29) is 0 Å². The maximum absolute atomic E-state index is 12.4. The molecule has 0 aromatic heterocycles. The van der Waals surface area contributed by atoms with Gasteiger partial charge in [-0.3, -0.25) is 4.79 Å². The molecule has 4 nitrogen and oxygen atoms in total. The molecule has 3 fully saturated rings. The summed E-state index contributed by atoms with van der Waals surface area (Å²) in [5.74, 6) is 1.11. The van der Waals surface area contributed by atoms with E-state index in [1.165, 1.54) is 50.9 Å². The number of amides is 1. The topological polar surface area (TPSA) is 32.8 Å². The molecule has 4 heteroatoms. The van der Waals surface area contributed by atoms with E-state index in [9.17, 15) is 4.79 Å². The summed E-state index contributed by atoms with van der Waals surface area (Å²) in [4.78, 5) is 17.2. The summed E-state index contributed by atoms with van der Waals surface area (Å²) in [7, 11) is 0. The van der Waals surface area contributed by atoms with Crippen LogP contribution >= 0.6 is 0 Å². The van der Waals surface area contributed by atoms with Crippen molar-refractivity contribution in [2.45, 2.75) is 45.1 Å². The predicted octanol–water partition coefficient (Wildman–Crippen LogP) is 3.32. The number of carbonyl (C=O) groups is 1. The van der Waals surface area contributed by atoms with Crippen LogP contribution in [0.25, 0.3) is 0 Å². The van der Waals surface area contributed by atoms with E-state index in [4.69, 9.17) is 4.74 Å². The predicted molar refractivity (Wildman–Crippen MR) is 103 cm³/mol. The van der Waals surface area contributed by atoms with E-state index in [1.54, 1.807) is 0 Å². The smallest absolute Gasteiger partial charge is 0.222 e. The maximum atomic E-state index is 12.4. The highest BCUT2D eigenvalue weighted by molar-refractivity contribution is 5.77. The Morgan fingerprint density at radius 3 is 2.65 bits per heavy atom. The maximum Gasteiger partial charge on any atom is 0.222 e. The first-order chi connectivity index (χ1) is 12.7. The van der Waals surface area contributed by atoms with Crippen LogP contribution < -0.4 is 0 Å². The molecule has 0 saturated carbocycles. The number of likely N-dealkylation sites (tertiary alicyclic amines) is 2. The summed E-state index contributed by atoms with van der Waals surface area (Å²) in [6.45, 7) is 7.25. The van der Waals surface area contributed by atoms with Gasteiger partial charge >= 0.3 is 0 Å². The van der Waals surface area contributed by atoms with E-state index in [2.05, 4.69) is 34.1 Å². The molecule has 1 aromatic carbocycles. The fraction of sp³-hybridized carbons (Fsp3) is 0.682. The summed E-state index contributed by atoms with van der Waals surface area (Å²) in [6.07, 6.45) is 6.83. The minimum atomic E-state index is 0.336. The van der Waals surface area contributed by atoms with Gasteiger partial charge in [0.15, 0.2) is 0 Å². The van der Waals surface area contributed by atoms with Gasteiger partial charge in [-0.05, 0) is 68.6 Å². The number of nitrogens with zero attached hydrogens (tertiary/aromatic N) is 2. The Bertz CT molecular complexity index is 589. The molecule has 0 unspecified atom stereocenters. The van der Waals surface area contributed by atoms with Crippen LogP contribution in [0.2, 0.25) is 0 Å². The lowest BCUT2D eigenvalue weighted by Crippen LogP contribution is -2.51. The van der Waals surface area contributed by atoms with Gasteiger partial charge < -0.3 is 14.5 Å². The van der Waals surface area contributed by atoms with Gasteiger partial charge in [0.05, 0.1) is 0 Å². The Labute approximate surface area is 157 Å². The average Bonchev–Trinajstić information content (AvgIpc) is 3.19. The lowest BCUT2D eigenvalue weighted by atomic mass is 9.72. The molecule has 1 spiro atoms. The van der Waals surface area contributed by atoms with Crippen LogP contribution in [0, 0.1) is 11.3 Å². The number of ether oxygens (including phenoxy) is 1. The second kappa shape index (κ2) is 8.10. The molecule has 4 rings (SSSR count). The van der Waals surface area contributed by atoms with Gasteiger partial charge in [0, 0.05) is 32.7 Å². The molecule has 3 saturated heterocycles. The minimum absolute atomic E-state index is 0.336. The molecule has 3 heterocycles. The van der Waals surface area contributed by atoms with Crippen LogP contribution in [0.3, 0.4) is 0 Å². The van der Waals surface area contributed by atoms with E-state index < -0.39 is 0 Å². The number of hydrogen-bond donors (Lipinski definition) is 0. The molecule has 1 atom stereocenters. The Morgan fingerprint density at radius 2 is 1.92 bits per heavy atom. The zero-order valence-corrected chi connectivity index (χ0v) is 15.9. The highest BCUT2D eigenvalue weighted by atomic mass is 16.5. The van der Waals surface area contributed by atoms with Gasteiger partial charge in [0.25, 0.3) is 0 Å². The monoisotopic (exact) mass is 356 g/mol. The molecule has 142 valence electrons. The lowest BCUT2D eigenvalue weighted by molar-refractivity contribution is -0.139. The quantitative estimate of drug-likeness (QED) is 0.811. The third-order valence-corrected chi connectivity index (χ3v) is 6.76. The Balaban J connectivity index is 1.29. The molecule has 1 aromatic rings. The average molecular weight is 357 g/mol. The number of hydrogen-bond acceptors (Lipinski definition) is 3. The van der Waals surface area contributed by atoms with Gasteiger partial charge in [-0.1, -0.05) is 30.3 Å². The summed E-state index contributed by atoms with van der Waals surface area (Å²) >= 11 is 0. The molecular formula is C22H32N2O2. The van der Waals surface area contributed by atoms with E-state index >= 15 is 0 Å². The van der Waals surface area contributed by atoms with Gasteiger partial charge in [-0.25, -0.2) is 0 Å². The first-order valence-corrected chi connectivity index (χ1v) is 10.3. The second-order valence-corrected chi connectivity index (χ2v) is 8.60. The SMILES string of the molecule is O=C1CCC2(CCN(CC[C@@H]3CCOC3)CC2)CN1Cc1ccccc1. The van der Waals surface area contributed by atoms with Crippen molar-refractivity contribution in [1.29, 1.82) is 0 Å². The van der Waals surface area contributed by atoms with Gasteiger partial charge in [0.1, 0.15) is 0 Å². The molecule has 0 bridgehead atoms. The van der Waals surface area contributed by atoms with Crippen LogP contribution in [-0.4, -0.2) is 55.1 Å². The minimum Gasteiger partial charge on any atom is -0.381 e. The van der Waals surface area contributed by atoms with Gasteiger partial charge in [-0.2, -0.15) is 0 Å². The van der Waals surface area contributed by atoms with Crippen LogP contribution in [0.1, 0.15) is 44.1 Å². The third kappa shape index (κ3) is 4.29. The molecular weight excluding hydrogens is 324 g/mol. The van der Waals surface area contributed by atoms with Crippen molar-refractivity contribution >= 4 is 5.91 Å². The third-order valence-electron chi connectivity index (χ3n) is 6.76. The summed E-state index contributed by atoms with van der Waals surface area (Å²) in [6, 6.07) is 10.4. The van der Waals surface area contributed by atoms with Gasteiger partial charge in [0.2, 0.25) is 5.91 Å². The second-order valence-electron chi connectivity index (χ2n) is 8.60. The zero-order chi connectivity index (χ0) is 17.8. The van der Waals surface area contributed by atoms with Crippen LogP contribution in [0.5, 0.6) is 0 Å².